The summed E-state index contributed by atoms with van der Waals surface area (Å²) in [6, 6.07) is 20.0. The van der Waals surface area contributed by atoms with Crippen molar-refractivity contribution in [2.45, 2.75) is 6.54 Å². The zero-order valence-corrected chi connectivity index (χ0v) is 15.3. The lowest BCUT2D eigenvalue weighted by Crippen LogP contribution is -2.27. The third-order valence-electron chi connectivity index (χ3n) is 3.87. The van der Waals surface area contributed by atoms with Gasteiger partial charge in [-0.15, -0.1) is 10.2 Å². The van der Waals surface area contributed by atoms with Crippen molar-refractivity contribution in [3.8, 4) is 0 Å². The first-order chi connectivity index (χ1) is 13.2. The second kappa shape index (κ2) is 9.12. The Morgan fingerprint density at radius 2 is 1.85 bits per heavy atom. The Bertz CT molecular complexity index is 888. The molecule has 0 aliphatic heterocycles. The quantitative estimate of drug-likeness (QED) is 0.655. The summed E-state index contributed by atoms with van der Waals surface area (Å²) < 4.78 is 0. The number of aromatic nitrogens is 2. The van der Waals surface area contributed by atoms with Gasteiger partial charge in [0.25, 0.3) is 5.91 Å². The average molecular weight is 383 g/mol. The van der Waals surface area contributed by atoms with E-state index in [-0.39, 0.29) is 18.2 Å². The molecule has 1 aromatic heterocycles. The van der Waals surface area contributed by atoms with Gasteiger partial charge in [0.2, 0.25) is 0 Å². The molecule has 0 saturated heterocycles. The van der Waals surface area contributed by atoms with Crippen LogP contribution in [0.5, 0.6) is 0 Å². The number of nitrogens with zero attached hydrogens (tertiary/aromatic N) is 3. The van der Waals surface area contributed by atoms with Crippen LogP contribution in [-0.2, 0) is 6.54 Å². The molecule has 6 nitrogen and oxygen atoms in total. The number of rotatable bonds is 7. The van der Waals surface area contributed by atoms with E-state index in [2.05, 4.69) is 15.5 Å². The zero-order valence-electron chi connectivity index (χ0n) is 14.5. The van der Waals surface area contributed by atoms with E-state index in [1.54, 1.807) is 30.3 Å². The van der Waals surface area contributed by atoms with Gasteiger partial charge in [-0.25, -0.2) is 0 Å². The third kappa shape index (κ3) is 5.26. The SMILES string of the molecule is O=C(Nc1ccccc1)c1ccc(N(CCO)Cc2cccc(Cl)c2)nn1. The molecule has 27 heavy (non-hydrogen) atoms. The fourth-order valence-corrected chi connectivity index (χ4v) is 2.80. The van der Waals surface area contributed by atoms with Crippen molar-refractivity contribution in [1.82, 2.24) is 10.2 Å². The number of hydrogen-bond acceptors (Lipinski definition) is 5. The monoisotopic (exact) mass is 382 g/mol. The summed E-state index contributed by atoms with van der Waals surface area (Å²) in [5.41, 5.74) is 1.90. The van der Waals surface area contributed by atoms with Gasteiger partial charge in [0.05, 0.1) is 6.61 Å². The van der Waals surface area contributed by atoms with E-state index in [4.69, 9.17) is 11.6 Å². The minimum absolute atomic E-state index is 0.0293. The van der Waals surface area contributed by atoms with Gasteiger partial charge >= 0.3 is 0 Å². The topological polar surface area (TPSA) is 78.4 Å². The molecule has 7 heteroatoms. The highest BCUT2D eigenvalue weighted by Gasteiger charge is 2.13. The first kappa shape index (κ1) is 18.8. The number of nitrogens with one attached hydrogen (secondary N) is 1. The molecular weight excluding hydrogens is 364 g/mol. The molecule has 0 bridgehead atoms. The van der Waals surface area contributed by atoms with E-state index in [1.165, 1.54) is 0 Å². The third-order valence-corrected chi connectivity index (χ3v) is 4.11. The zero-order chi connectivity index (χ0) is 19.1. The van der Waals surface area contributed by atoms with Gasteiger partial charge in [-0.05, 0) is 42.0 Å². The molecule has 2 aromatic carbocycles. The van der Waals surface area contributed by atoms with Crippen LogP contribution < -0.4 is 10.2 Å². The number of aliphatic hydroxyl groups excluding tert-OH is 1. The summed E-state index contributed by atoms with van der Waals surface area (Å²) in [5.74, 6) is 0.240. The number of benzene rings is 2. The molecule has 138 valence electrons. The maximum atomic E-state index is 12.3. The average Bonchev–Trinajstić information content (AvgIpc) is 2.69. The first-order valence-corrected chi connectivity index (χ1v) is 8.84. The summed E-state index contributed by atoms with van der Waals surface area (Å²) in [7, 11) is 0. The molecule has 2 N–H and O–H groups in total. The van der Waals surface area contributed by atoms with Crippen molar-refractivity contribution in [2.24, 2.45) is 0 Å². The number of amides is 1. The van der Waals surface area contributed by atoms with Crippen LogP contribution in [0.3, 0.4) is 0 Å². The normalized spacial score (nSPS) is 10.4. The van der Waals surface area contributed by atoms with E-state index < -0.39 is 0 Å². The second-order valence-corrected chi connectivity index (χ2v) is 6.31. The molecule has 0 fully saturated rings. The Morgan fingerprint density at radius 3 is 2.52 bits per heavy atom. The van der Waals surface area contributed by atoms with E-state index in [0.29, 0.717) is 29.6 Å². The van der Waals surface area contributed by atoms with Crippen LogP contribution in [0.2, 0.25) is 5.02 Å². The maximum Gasteiger partial charge on any atom is 0.276 e. The second-order valence-electron chi connectivity index (χ2n) is 5.87. The fraction of sp³-hybridized carbons (Fsp3) is 0.150. The number of halogens is 1. The summed E-state index contributed by atoms with van der Waals surface area (Å²) in [6.07, 6.45) is 0. The highest BCUT2D eigenvalue weighted by molar-refractivity contribution is 6.30. The van der Waals surface area contributed by atoms with Crippen molar-refractivity contribution >= 4 is 29.0 Å². The van der Waals surface area contributed by atoms with Crippen LogP contribution in [0.1, 0.15) is 16.1 Å². The van der Waals surface area contributed by atoms with Gasteiger partial charge in [-0.2, -0.15) is 0 Å². The lowest BCUT2D eigenvalue weighted by atomic mass is 10.2. The molecule has 0 unspecified atom stereocenters. The van der Waals surface area contributed by atoms with Crippen LogP contribution in [0.15, 0.2) is 66.7 Å². The highest BCUT2D eigenvalue weighted by Crippen LogP contribution is 2.17. The Morgan fingerprint density at radius 1 is 1.04 bits per heavy atom. The largest absolute Gasteiger partial charge is 0.395 e. The fourth-order valence-electron chi connectivity index (χ4n) is 2.58. The number of para-hydroxylation sites is 1. The Labute approximate surface area is 162 Å². The predicted octanol–water partition coefficient (Wildman–Crippen LogP) is 3.38. The molecule has 1 heterocycles. The molecule has 0 aliphatic carbocycles. The smallest absolute Gasteiger partial charge is 0.276 e. The van der Waals surface area contributed by atoms with Gasteiger partial charge in [0.1, 0.15) is 0 Å². The minimum atomic E-state index is -0.330. The summed E-state index contributed by atoms with van der Waals surface area (Å²) >= 11 is 6.03. The van der Waals surface area contributed by atoms with E-state index in [9.17, 15) is 9.90 Å². The molecule has 0 aliphatic rings. The van der Waals surface area contributed by atoms with Crippen LogP contribution in [0, 0.1) is 0 Å². The standard InChI is InChI=1S/C20H19ClN4O2/c21-16-6-4-5-15(13-16)14-25(11-12-26)19-10-9-18(23-24-19)20(27)22-17-7-2-1-3-8-17/h1-10,13,26H,11-12,14H2,(H,22,27). The molecule has 0 atom stereocenters. The first-order valence-electron chi connectivity index (χ1n) is 8.46. The Balaban J connectivity index is 1.72. The minimum Gasteiger partial charge on any atom is -0.395 e. The number of carbonyl (C=O) groups excluding carboxylic acids is 1. The molecular formula is C20H19ClN4O2. The van der Waals surface area contributed by atoms with E-state index in [0.717, 1.165) is 5.56 Å². The van der Waals surface area contributed by atoms with Crippen LogP contribution in [0.25, 0.3) is 0 Å². The van der Waals surface area contributed by atoms with Gasteiger partial charge < -0.3 is 15.3 Å². The molecule has 3 aromatic rings. The molecule has 0 radical (unpaired) electrons. The van der Waals surface area contributed by atoms with Crippen molar-refractivity contribution < 1.29 is 9.90 Å². The van der Waals surface area contributed by atoms with Crippen molar-refractivity contribution in [1.29, 1.82) is 0 Å². The number of carbonyl (C=O) groups is 1. The van der Waals surface area contributed by atoms with Crippen LogP contribution in [0.4, 0.5) is 11.5 Å². The Hall–Kier alpha value is -2.96. The number of anilines is 2. The van der Waals surface area contributed by atoms with E-state index >= 15 is 0 Å². The molecule has 1 amide bonds. The molecule has 0 spiro atoms. The van der Waals surface area contributed by atoms with Gasteiger partial charge in [-0.1, -0.05) is 41.9 Å². The van der Waals surface area contributed by atoms with Crippen LogP contribution >= 0.6 is 11.6 Å². The van der Waals surface area contributed by atoms with Gasteiger partial charge in [-0.3, -0.25) is 4.79 Å². The lowest BCUT2D eigenvalue weighted by molar-refractivity contribution is 0.102. The maximum absolute atomic E-state index is 12.3. The number of hydrogen-bond donors (Lipinski definition) is 2. The van der Waals surface area contributed by atoms with Crippen LogP contribution in [-0.4, -0.2) is 34.4 Å². The van der Waals surface area contributed by atoms with Gasteiger partial charge in [0, 0.05) is 23.8 Å². The summed E-state index contributed by atoms with van der Waals surface area (Å²) in [4.78, 5) is 14.1. The summed E-state index contributed by atoms with van der Waals surface area (Å²) in [5, 5.41) is 21.0. The highest BCUT2D eigenvalue weighted by atomic mass is 35.5. The molecule has 0 saturated carbocycles. The molecule has 3 rings (SSSR count). The lowest BCUT2D eigenvalue weighted by Gasteiger charge is -2.22. The predicted molar refractivity (Wildman–Crippen MR) is 106 cm³/mol. The van der Waals surface area contributed by atoms with Crippen molar-refractivity contribution in [3.05, 3.63) is 83.0 Å². The van der Waals surface area contributed by atoms with Gasteiger partial charge in [0.15, 0.2) is 11.5 Å². The van der Waals surface area contributed by atoms with E-state index in [1.807, 2.05) is 41.3 Å². The number of aliphatic hydroxyl groups is 1. The Kier molecular flexibility index (Phi) is 6.35. The van der Waals surface area contributed by atoms with Crippen molar-refractivity contribution in [2.75, 3.05) is 23.4 Å². The van der Waals surface area contributed by atoms with Crippen molar-refractivity contribution in [3.63, 3.8) is 0 Å². The summed E-state index contributed by atoms with van der Waals surface area (Å²) in [6.45, 7) is 0.876.